The molecule has 5 rings (SSSR count). The van der Waals surface area contributed by atoms with Crippen LogP contribution in [0.25, 0.3) is 0 Å². The highest BCUT2D eigenvalue weighted by molar-refractivity contribution is 5.91. The number of carbonyl (C=O) groups is 4. The molecule has 0 spiro atoms. The lowest BCUT2D eigenvalue weighted by Crippen LogP contribution is -2.58. The van der Waals surface area contributed by atoms with Crippen LogP contribution in [0.15, 0.2) is 121 Å². The lowest BCUT2D eigenvalue weighted by molar-refractivity contribution is -0.250. The van der Waals surface area contributed by atoms with E-state index in [1.54, 1.807) is 109 Å². The maximum Gasteiger partial charge on any atom is 0.340 e. The molecule has 1 fully saturated rings. The van der Waals surface area contributed by atoms with Crippen LogP contribution in [0.1, 0.15) is 41.4 Å². The maximum atomic E-state index is 13.2. The average Bonchev–Trinajstić information content (AvgIpc) is 3.05. The number of benzene rings is 4. The molecule has 4 aromatic carbocycles. The van der Waals surface area contributed by atoms with Gasteiger partial charge in [-0.3, -0.25) is 0 Å². The molecular formula is C33H26O9. The van der Waals surface area contributed by atoms with E-state index >= 15 is 0 Å². The van der Waals surface area contributed by atoms with Gasteiger partial charge >= 0.3 is 23.9 Å². The molecule has 0 bridgehead atoms. The Morgan fingerprint density at radius 2 is 0.786 bits per heavy atom. The van der Waals surface area contributed by atoms with E-state index in [9.17, 15) is 19.2 Å². The molecule has 212 valence electrons. The van der Waals surface area contributed by atoms with Crippen molar-refractivity contribution in [1.29, 1.82) is 0 Å². The number of ether oxygens (including phenoxy) is 5. The number of esters is 4. The predicted molar refractivity (Wildman–Crippen MR) is 149 cm³/mol. The van der Waals surface area contributed by atoms with Gasteiger partial charge in [-0.15, -0.1) is 0 Å². The van der Waals surface area contributed by atoms with Crippen molar-refractivity contribution in [3.05, 3.63) is 144 Å². The highest BCUT2D eigenvalue weighted by Crippen LogP contribution is 2.28. The smallest absolute Gasteiger partial charge is 0.340 e. The molecule has 9 heteroatoms. The Hall–Kier alpha value is -5.28. The molecular weight excluding hydrogens is 540 g/mol. The van der Waals surface area contributed by atoms with Gasteiger partial charge in [-0.2, -0.15) is 0 Å². The van der Waals surface area contributed by atoms with Crippen molar-refractivity contribution in [2.75, 3.05) is 6.61 Å². The van der Waals surface area contributed by atoms with Crippen LogP contribution in [-0.2, 0) is 23.7 Å². The minimum absolute atomic E-state index is 0.196. The van der Waals surface area contributed by atoms with Gasteiger partial charge in [-0.25, -0.2) is 19.2 Å². The van der Waals surface area contributed by atoms with Crippen LogP contribution in [0.2, 0.25) is 0 Å². The molecule has 1 heterocycles. The summed E-state index contributed by atoms with van der Waals surface area (Å²) in [6, 6.07) is 32.6. The van der Waals surface area contributed by atoms with Gasteiger partial charge in [0.25, 0.3) is 0 Å². The molecule has 0 N–H and O–H groups in total. The molecule has 1 aliphatic heterocycles. The standard InChI is InChI=1S/C33H26O9/c34-29(22-13-5-1-6-14-22)39-26-21-38-33(42-32(37)25-19-11-4-12-20-25)28(41-31(36)24-17-9-3-10-18-24)27(26)40-30(35)23-15-7-2-8-16-23/h1-20,26-28,33H,21H2/t26-,27+,28+,33-/m0/s1. The van der Waals surface area contributed by atoms with Gasteiger partial charge in [0.2, 0.25) is 12.4 Å². The molecule has 42 heavy (non-hydrogen) atoms. The topological polar surface area (TPSA) is 114 Å². The lowest BCUT2D eigenvalue weighted by atomic mass is 10.0. The van der Waals surface area contributed by atoms with Gasteiger partial charge in [0, 0.05) is 0 Å². The highest BCUT2D eigenvalue weighted by atomic mass is 16.7. The quantitative estimate of drug-likeness (QED) is 0.218. The monoisotopic (exact) mass is 566 g/mol. The van der Waals surface area contributed by atoms with Crippen LogP contribution in [0.3, 0.4) is 0 Å². The molecule has 4 aromatic rings. The van der Waals surface area contributed by atoms with E-state index in [0.29, 0.717) is 0 Å². The summed E-state index contributed by atoms with van der Waals surface area (Å²) in [7, 11) is 0. The molecule has 0 saturated carbocycles. The second-order valence-corrected chi connectivity index (χ2v) is 9.25. The van der Waals surface area contributed by atoms with Crippen LogP contribution >= 0.6 is 0 Å². The summed E-state index contributed by atoms with van der Waals surface area (Å²) in [5, 5.41) is 0. The van der Waals surface area contributed by atoms with Crippen LogP contribution in [0, 0.1) is 0 Å². The second kappa shape index (κ2) is 13.4. The summed E-state index contributed by atoms with van der Waals surface area (Å²) in [4.78, 5) is 52.4. The third-order valence-corrected chi connectivity index (χ3v) is 6.39. The first kappa shape index (κ1) is 28.3. The minimum atomic E-state index is -1.50. The van der Waals surface area contributed by atoms with E-state index in [1.165, 1.54) is 12.1 Å². The van der Waals surface area contributed by atoms with Crippen LogP contribution in [0.5, 0.6) is 0 Å². The van der Waals surface area contributed by atoms with Crippen LogP contribution in [0.4, 0.5) is 0 Å². The fraction of sp³-hybridized carbons (Fsp3) is 0.152. The zero-order valence-electron chi connectivity index (χ0n) is 22.2. The minimum Gasteiger partial charge on any atom is -0.452 e. The van der Waals surface area contributed by atoms with Crippen molar-refractivity contribution in [2.45, 2.75) is 24.6 Å². The van der Waals surface area contributed by atoms with E-state index in [1.807, 2.05) is 0 Å². The summed E-state index contributed by atoms with van der Waals surface area (Å²) in [6.07, 6.45) is -5.61. The van der Waals surface area contributed by atoms with Crippen molar-refractivity contribution in [1.82, 2.24) is 0 Å². The summed E-state index contributed by atoms with van der Waals surface area (Å²) in [5.74, 6) is -3.02. The van der Waals surface area contributed by atoms with Gasteiger partial charge in [0.05, 0.1) is 28.9 Å². The number of hydrogen-bond donors (Lipinski definition) is 0. The summed E-state index contributed by atoms with van der Waals surface area (Å²) < 4.78 is 28.7. The maximum absolute atomic E-state index is 13.2. The first-order chi connectivity index (χ1) is 20.5. The van der Waals surface area contributed by atoms with E-state index in [4.69, 9.17) is 23.7 Å². The van der Waals surface area contributed by atoms with Crippen molar-refractivity contribution in [2.24, 2.45) is 0 Å². The second-order valence-electron chi connectivity index (χ2n) is 9.25. The predicted octanol–water partition coefficient (Wildman–Crippen LogP) is 4.88. The van der Waals surface area contributed by atoms with Gasteiger partial charge < -0.3 is 23.7 Å². The van der Waals surface area contributed by atoms with Crippen LogP contribution < -0.4 is 0 Å². The highest BCUT2D eigenvalue weighted by Gasteiger charge is 2.50. The molecule has 0 radical (unpaired) electrons. The van der Waals surface area contributed by atoms with Gasteiger partial charge in [0.1, 0.15) is 0 Å². The largest absolute Gasteiger partial charge is 0.452 e. The van der Waals surface area contributed by atoms with E-state index in [2.05, 4.69) is 0 Å². The lowest BCUT2D eigenvalue weighted by Gasteiger charge is -2.40. The molecule has 1 saturated heterocycles. The average molecular weight is 567 g/mol. The Bertz CT molecular complexity index is 1390. The molecule has 0 aliphatic carbocycles. The molecule has 1 aliphatic rings. The third-order valence-electron chi connectivity index (χ3n) is 6.39. The van der Waals surface area contributed by atoms with E-state index in [0.717, 1.165) is 0 Å². The zero-order valence-corrected chi connectivity index (χ0v) is 22.2. The van der Waals surface area contributed by atoms with Crippen molar-refractivity contribution >= 4 is 23.9 Å². The van der Waals surface area contributed by atoms with Crippen molar-refractivity contribution < 1.29 is 42.9 Å². The van der Waals surface area contributed by atoms with Crippen molar-refractivity contribution in [3.63, 3.8) is 0 Å². The fourth-order valence-electron chi connectivity index (χ4n) is 4.27. The van der Waals surface area contributed by atoms with Crippen LogP contribution in [-0.4, -0.2) is 55.1 Å². The van der Waals surface area contributed by atoms with E-state index < -0.39 is 48.5 Å². The Kier molecular flexibility index (Phi) is 9.00. The number of hydrogen-bond acceptors (Lipinski definition) is 9. The van der Waals surface area contributed by atoms with Gasteiger partial charge in [-0.05, 0) is 48.5 Å². The Balaban J connectivity index is 1.48. The fourth-order valence-corrected chi connectivity index (χ4v) is 4.27. The Morgan fingerprint density at radius 3 is 1.19 bits per heavy atom. The molecule has 0 aromatic heterocycles. The normalized spacial score (nSPS) is 19.6. The van der Waals surface area contributed by atoms with Gasteiger partial charge in [0.15, 0.2) is 12.2 Å². The first-order valence-corrected chi connectivity index (χ1v) is 13.2. The SMILES string of the molecule is O=C(O[C@@H]1OC[C@H](OC(=O)c2ccccc2)[C@@H](OC(=O)c2ccccc2)[C@H]1OC(=O)c1ccccc1)c1ccccc1. The zero-order chi connectivity index (χ0) is 29.3. The molecule has 0 amide bonds. The van der Waals surface area contributed by atoms with Crippen molar-refractivity contribution in [3.8, 4) is 0 Å². The molecule has 9 nitrogen and oxygen atoms in total. The van der Waals surface area contributed by atoms with Gasteiger partial charge in [-0.1, -0.05) is 72.8 Å². The first-order valence-electron chi connectivity index (χ1n) is 13.2. The molecule has 0 unspecified atom stereocenters. The third kappa shape index (κ3) is 6.89. The number of carbonyl (C=O) groups excluding carboxylic acids is 4. The summed E-state index contributed by atoms with van der Waals surface area (Å²) >= 11 is 0. The molecule has 4 atom stereocenters. The Labute approximate surface area is 241 Å². The summed E-state index contributed by atoms with van der Waals surface area (Å²) in [5.41, 5.74) is 0.885. The Morgan fingerprint density at radius 1 is 0.452 bits per heavy atom. The van der Waals surface area contributed by atoms with E-state index in [-0.39, 0.29) is 28.9 Å². The number of rotatable bonds is 8. The summed E-state index contributed by atoms with van der Waals surface area (Å²) in [6.45, 7) is -0.322.